The second-order valence-corrected chi connectivity index (χ2v) is 5.19. The molecule has 0 aliphatic carbocycles. The summed E-state index contributed by atoms with van der Waals surface area (Å²) in [7, 11) is 0. The van der Waals surface area contributed by atoms with E-state index in [4.69, 9.17) is 11.6 Å². The third-order valence-corrected chi connectivity index (χ3v) is 3.58. The zero-order chi connectivity index (χ0) is 11.5. The Hall–Kier alpha value is -0.320. The summed E-state index contributed by atoms with van der Waals surface area (Å²) in [5, 5.41) is 7.06. The van der Waals surface area contributed by atoms with Gasteiger partial charge >= 0.3 is 0 Å². The molecule has 1 heterocycles. The average Bonchev–Trinajstić information content (AvgIpc) is 2.25. The molecule has 5 heteroatoms. The molecule has 0 aromatic heterocycles. The number of piperidine rings is 1. The van der Waals surface area contributed by atoms with Crippen LogP contribution in [0.2, 0.25) is 5.02 Å². The largest absolute Gasteiger partial charge is 0.379 e. The fourth-order valence-corrected chi connectivity index (χ4v) is 2.78. The summed E-state index contributed by atoms with van der Waals surface area (Å²) in [6, 6.07) is 3.10. The van der Waals surface area contributed by atoms with Crippen molar-refractivity contribution in [3.05, 3.63) is 27.4 Å². The third kappa shape index (κ3) is 2.87. The number of hydrogen-bond acceptors (Lipinski definition) is 2. The standard InChI is InChI=1S/C11H13BrClFN2/c12-9-4-7(14)5-10(13)11(9)16-8-2-1-3-15-6-8/h4-5,8,15-16H,1-3,6H2. The molecule has 16 heavy (non-hydrogen) atoms. The molecule has 2 N–H and O–H groups in total. The van der Waals surface area contributed by atoms with E-state index in [9.17, 15) is 4.39 Å². The third-order valence-electron chi connectivity index (χ3n) is 2.65. The number of anilines is 1. The van der Waals surface area contributed by atoms with E-state index in [1.165, 1.54) is 12.1 Å². The topological polar surface area (TPSA) is 24.1 Å². The molecule has 1 aromatic carbocycles. The maximum atomic E-state index is 13.0. The van der Waals surface area contributed by atoms with Crippen molar-refractivity contribution in [2.75, 3.05) is 18.4 Å². The minimum atomic E-state index is -0.329. The fraction of sp³-hybridized carbons (Fsp3) is 0.455. The predicted octanol–water partition coefficient (Wildman–Crippen LogP) is 3.41. The van der Waals surface area contributed by atoms with Crippen molar-refractivity contribution < 1.29 is 4.39 Å². The van der Waals surface area contributed by atoms with Gasteiger partial charge in [0.1, 0.15) is 5.82 Å². The Morgan fingerprint density at radius 2 is 2.31 bits per heavy atom. The second-order valence-electron chi connectivity index (χ2n) is 3.93. The van der Waals surface area contributed by atoms with Crippen LogP contribution in [0.4, 0.5) is 10.1 Å². The van der Waals surface area contributed by atoms with Crippen LogP contribution >= 0.6 is 27.5 Å². The summed E-state index contributed by atoms with van der Waals surface area (Å²) in [6.45, 7) is 1.98. The molecular formula is C11H13BrClFN2. The highest BCUT2D eigenvalue weighted by Gasteiger charge is 2.16. The first-order valence-electron chi connectivity index (χ1n) is 5.28. The Bertz CT molecular complexity index is 357. The molecule has 0 saturated carbocycles. The minimum Gasteiger partial charge on any atom is -0.379 e. The van der Waals surface area contributed by atoms with E-state index in [0.717, 1.165) is 31.6 Å². The predicted molar refractivity (Wildman–Crippen MR) is 68.6 cm³/mol. The summed E-state index contributed by atoms with van der Waals surface area (Å²) in [4.78, 5) is 0. The van der Waals surface area contributed by atoms with Gasteiger partial charge in [-0.3, -0.25) is 0 Å². The molecule has 0 amide bonds. The van der Waals surface area contributed by atoms with Crippen LogP contribution in [0.15, 0.2) is 16.6 Å². The minimum absolute atomic E-state index is 0.329. The first-order valence-corrected chi connectivity index (χ1v) is 6.45. The van der Waals surface area contributed by atoms with Gasteiger partial charge < -0.3 is 10.6 Å². The van der Waals surface area contributed by atoms with Crippen molar-refractivity contribution in [1.29, 1.82) is 0 Å². The van der Waals surface area contributed by atoms with E-state index in [-0.39, 0.29) is 5.82 Å². The molecule has 1 aliphatic heterocycles. The van der Waals surface area contributed by atoms with Gasteiger partial charge in [0, 0.05) is 17.1 Å². The SMILES string of the molecule is Fc1cc(Cl)c(NC2CCCNC2)c(Br)c1. The van der Waals surface area contributed by atoms with E-state index >= 15 is 0 Å². The molecule has 1 aliphatic rings. The van der Waals surface area contributed by atoms with Crippen LogP contribution in [0.3, 0.4) is 0 Å². The van der Waals surface area contributed by atoms with E-state index in [0.29, 0.717) is 15.5 Å². The van der Waals surface area contributed by atoms with Crippen LogP contribution in [-0.2, 0) is 0 Å². The Kier molecular flexibility index (Phi) is 4.05. The number of hydrogen-bond donors (Lipinski definition) is 2. The maximum Gasteiger partial charge on any atom is 0.125 e. The van der Waals surface area contributed by atoms with Crippen LogP contribution in [0.25, 0.3) is 0 Å². The molecule has 1 unspecified atom stereocenters. The van der Waals surface area contributed by atoms with Gasteiger partial charge in [-0.1, -0.05) is 11.6 Å². The number of halogens is 3. The molecule has 0 radical (unpaired) electrons. The monoisotopic (exact) mass is 306 g/mol. The molecule has 0 spiro atoms. The molecular weight excluding hydrogens is 294 g/mol. The molecule has 0 bridgehead atoms. The van der Waals surface area contributed by atoms with Crippen molar-refractivity contribution in [2.45, 2.75) is 18.9 Å². The van der Waals surface area contributed by atoms with Crippen molar-refractivity contribution >= 4 is 33.2 Å². The van der Waals surface area contributed by atoms with Crippen LogP contribution < -0.4 is 10.6 Å². The van der Waals surface area contributed by atoms with Gasteiger partial charge in [0.25, 0.3) is 0 Å². The quantitative estimate of drug-likeness (QED) is 0.875. The zero-order valence-corrected chi connectivity index (χ0v) is 11.0. The Balaban J connectivity index is 2.14. The van der Waals surface area contributed by atoms with Gasteiger partial charge in [-0.05, 0) is 47.4 Å². The highest BCUT2D eigenvalue weighted by Crippen LogP contribution is 2.32. The Morgan fingerprint density at radius 1 is 1.50 bits per heavy atom. The Labute approximate surface area is 108 Å². The van der Waals surface area contributed by atoms with Crippen molar-refractivity contribution in [2.24, 2.45) is 0 Å². The molecule has 1 atom stereocenters. The summed E-state index contributed by atoms with van der Waals surface area (Å²) in [5.41, 5.74) is 0.775. The lowest BCUT2D eigenvalue weighted by Gasteiger charge is -2.25. The highest BCUT2D eigenvalue weighted by molar-refractivity contribution is 9.10. The van der Waals surface area contributed by atoms with Gasteiger partial charge in [0.05, 0.1) is 10.7 Å². The lowest BCUT2D eigenvalue weighted by atomic mass is 10.1. The summed E-state index contributed by atoms with van der Waals surface area (Å²) >= 11 is 9.32. The van der Waals surface area contributed by atoms with Crippen LogP contribution in [0.1, 0.15) is 12.8 Å². The summed E-state index contributed by atoms with van der Waals surface area (Å²) < 4.78 is 13.7. The molecule has 1 aromatic rings. The number of benzene rings is 1. The van der Waals surface area contributed by atoms with Crippen molar-refractivity contribution in [1.82, 2.24) is 5.32 Å². The van der Waals surface area contributed by atoms with E-state index in [1.807, 2.05) is 0 Å². The first kappa shape index (κ1) is 12.1. The highest BCUT2D eigenvalue weighted by atomic mass is 79.9. The van der Waals surface area contributed by atoms with Gasteiger partial charge in [0.15, 0.2) is 0 Å². The van der Waals surface area contributed by atoms with Crippen molar-refractivity contribution in [3.63, 3.8) is 0 Å². The molecule has 88 valence electrons. The van der Waals surface area contributed by atoms with E-state index < -0.39 is 0 Å². The maximum absolute atomic E-state index is 13.0. The normalized spacial score (nSPS) is 20.8. The fourth-order valence-electron chi connectivity index (χ4n) is 1.86. The van der Waals surface area contributed by atoms with E-state index in [1.54, 1.807) is 0 Å². The molecule has 1 saturated heterocycles. The van der Waals surface area contributed by atoms with Crippen LogP contribution in [0.5, 0.6) is 0 Å². The summed E-state index contributed by atoms with van der Waals surface area (Å²) in [6.07, 6.45) is 2.25. The molecule has 2 rings (SSSR count). The van der Waals surface area contributed by atoms with Gasteiger partial charge in [-0.2, -0.15) is 0 Å². The van der Waals surface area contributed by atoms with Gasteiger partial charge in [0.2, 0.25) is 0 Å². The molecule has 2 nitrogen and oxygen atoms in total. The lowest BCUT2D eigenvalue weighted by molar-refractivity contribution is 0.479. The van der Waals surface area contributed by atoms with E-state index in [2.05, 4.69) is 26.6 Å². The number of rotatable bonds is 2. The second kappa shape index (κ2) is 5.34. The smallest absolute Gasteiger partial charge is 0.125 e. The van der Waals surface area contributed by atoms with Crippen molar-refractivity contribution in [3.8, 4) is 0 Å². The van der Waals surface area contributed by atoms with Gasteiger partial charge in [-0.15, -0.1) is 0 Å². The summed E-state index contributed by atoms with van der Waals surface area (Å²) in [5.74, 6) is -0.329. The Morgan fingerprint density at radius 3 is 2.94 bits per heavy atom. The first-order chi connectivity index (χ1) is 7.66. The lowest BCUT2D eigenvalue weighted by Crippen LogP contribution is -2.38. The van der Waals surface area contributed by atoms with Crippen LogP contribution in [0, 0.1) is 5.82 Å². The average molecular weight is 308 g/mol. The van der Waals surface area contributed by atoms with Gasteiger partial charge in [-0.25, -0.2) is 4.39 Å². The molecule has 1 fully saturated rings. The number of nitrogens with one attached hydrogen (secondary N) is 2. The van der Waals surface area contributed by atoms with Crippen LogP contribution in [-0.4, -0.2) is 19.1 Å². The zero-order valence-electron chi connectivity index (χ0n) is 8.69.